The minimum absolute atomic E-state index is 0. The fraction of sp³-hybridized carbons (Fsp3) is 0.0323. The fourth-order valence-electron chi connectivity index (χ4n) is 4.93. The standard InChI is InChI=1S/C30H18BrNS.CH4/c31-21-12-15-30-26(18-21)25-16-19(11-14-29(25)33-30)20-10-13-24-23-8-4-5-9-27(23)32(28(24)17-20)22-6-2-1-3-7-22;/h1-18H;1H4. The van der Waals surface area contributed by atoms with E-state index in [1.165, 1.54) is 58.8 Å². The van der Waals surface area contributed by atoms with Crippen molar-refractivity contribution < 1.29 is 0 Å². The molecular weight excluding hydrogens is 498 g/mol. The van der Waals surface area contributed by atoms with Gasteiger partial charge in [0, 0.05) is 41.1 Å². The quantitative estimate of drug-likeness (QED) is 0.214. The molecule has 0 radical (unpaired) electrons. The SMILES string of the molecule is Brc1ccc2sc3ccc(-c4ccc5c6ccccc6n(-c6ccccc6)c5c4)cc3c2c1.C. The van der Waals surface area contributed by atoms with E-state index in [1.807, 2.05) is 11.3 Å². The van der Waals surface area contributed by atoms with Gasteiger partial charge in [-0.05, 0) is 65.7 Å². The van der Waals surface area contributed by atoms with Gasteiger partial charge >= 0.3 is 0 Å². The van der Waals surface area contributed by atoms with Crippen molar-refractivity contribution in [1.82, 2.24) is 4.57 Å². The Hall–Kier alpha value is -3.40. The summed E-state index contributed by atoms with van der Waals surface area (Å²) in [5.41, 5.74) is 6.13. The van der Waals surface area contributed by atoms with Crippen LogP contribution in [-0.4, -0.2) is 4.57 Å². The molecule has 1 nitrogen and oxygen atoms in total. The Morgan fingerprint density at radius 2 is 1.18 bits per heavy atom. The second kappa shape index (κ2) is 8.12. The Bertz CT molecular complexity index is 1830. The number of nitrogens with zero attached hydrogens (tertiary/aromatic N) is 1. The summed E-state index contributed by atoms with van der Waals surface area (Å²) in [4.78, 5) is 0. The summed E-state index contributed by atoms with van der Waals surface area (Å²) < 4.78 is 6.15. The number of para-hydroxylation sites is 2. The number of aromatic nitrogens is 1. The van der Waals surface area contributed by atoms with Gasteiger partial charge in [-0.25, -0.2) is 0 Å². The van der Waals surface area contributed by atoms with E-state index in [0.717, 1.165) is 4.47 Å². The zero-order chi connectivity index (χ0) is 21.9. The maximum atomic E-state index is 3.64. The van der Waals surface area contributed by atoms with Gasteiger partial charge < -0.3 is 4.57 Å². The number of hydrogen-bond acceptors (Lipinski definition) is 1. The van der Waals surface area contributed by atoms with Crippen LogP contribution in [0.1, 0.15) is 7.43 Å². The highest BCUT2D eigenvalue weighted by molar-refractivity contribution is 9.10. The Morgan fingerprint density at radius 1 is 0.529 bits per heavy atom. The Balaban J connectivity index is 0.00000217. The molecule has 5 aromatic carbocycles. The molecule has 0 bridgehead atoms. The fourth-order valence-corrected chi connectivity index (χ4v) is 6.36. The highest BCUT2D eigenvalue weighted by Gasteiger charge is 2.14. The molecule has 34 heavy (non-hydrogen) atoms. The van der Waals surface area contributed by atoms with Crippen LogP contribution in [0.5, 0.6) is 0 Å². The van der Waals surface area contributed by atoms with Crippen molar-refractivity contribution in [2.45, 2.75) is 7.43 Å². The lowest BCUT2D eigenvalue weighted by Gasteiger charge is -2.09. The lowest BCUT2D eigenvalue weighted by Crippen LogP contribution is -1.93. The van der Waals surface area contributed by atoms with Crippen molar-refractivity contribution in [3.63, 3.8) is 0 Å². The second-order valence-corrected chi connectivity index (χ2v) is 10.4. The molecule has 0 saturated heterocycles. The molecular formula is C31H22BrNS. The molecule has 0 saturated carbocycles. The predicted octanol–water partition coefficient (Wildman–Crippen LogP) is 10.2. The molecule has 7 aromatic rings. The molecule has 0 fully saturated rings. The Kier molecular flexibility index (Phi) is 5.05. The molecule has 0 N–H and O–H groups in total. The number of thiophene rings is 1. The average molecular weight is 520 g/mol. The van der Waals surface area contributed by atoms with E-state index in [2.05, 4.69) is 130 Å². The Labute approximate surface area is 211 Å². The van der Waals surface area contributed by atoms with E-state index in [1.54, 1.807) is 0 Å². The van der Waals surface area contributed by atoms with Crippen molar-refractivity contribution in [3.05, 3.63) is 114 Å². The number of benzene rings is 5. The summed E-state index contributed by atoms with van der Waals surface area (Å²) >= 11 is 5.50. The summed E-state index contributed by atoms with van der Waals surface area (Å²) in [6.45, 7) is 0. The number of fused-ring (bicyclic) bond motifs is 6. The van der Waals surface area contributed by atoms with E-state index >= 15 is 0 Å². The molecule has 3 heteroatoms. The van der Waals surface area contributed by atoms with Crippen LogP contribution >= 0.6 is 27.3 Å². The van der Waals surface area contributed by atoms with E-state index in [-0.39, 0.29) is 7.43 Å². The first kappa shape index (κ1) is 21.2. The second-order valence-electron chi connectivity index (χ2n) is 8.37. The van der Waals surface area contributed by atoms with Gasteiger partial charge in [-0.3, -0.25) is 0 Å². The summed E-state index contributed by atoms with van der Waals surface area (Å²) in [6, 6.07) is 39.6. The van der Waals surface area contributed by atoms with Crippen LogP contribution in [0.25, 0.3) is 58.8 Å². The van der Waals surface area contributed by atoms with Crippen molar-refractivity contribution >= 4 is 69.2 Å². The van der Waals surface area contributed by atoms with Crippen LogP contribution in [0, 0.1) is 0 Å². The van der Waals surface area contributed by atoms with Gasteiger partial charge in [0.15, 0.2) is 0 Å². The Morgan fingerprint density at radius 3 is 2.03 bits per heavy atom. The third kappa shape index (κ3) is 3.19. The molecule has 164 valence electrons. The molecule has 0 aliphatic rings. The molecule has 0 spiro atoms. The van der Waals surface area contributed by atoms with Crippen LogP contribution in [0.3, 0.4) is 0 Å². The van der Waals surface area contributed by atoms with Gasteiger partial charge in [0.25, 0.3) is 0 Å². The minimum atomic E-state index is 0. The first-order valence-corrected chi connectivity index (χ1v) is 12.6. The van der Waals surface area contributed by atoms with Crippen LogP contribution in [0.15, 0.2) is 114 Å². The van der Waals surface area contributed by atoms with Gasteiger partial charge in [-0.1, -0.05) is 78.0 Å². The molecule has 0 unspecified atom stereocenters. The normalized spacial score (nSPS) is 11.4. The zero-order valence-electron chi connectivity index (χ0n) is 17.6. The van der Waals surface area contributed by atoms with Crippen LogP contribution in [0.2, 0.25) is 0 Å². The van der Waals surface area contributed by atoms with Gasteiger partial charge in [-0.2, -0.15) is 0 Å². The van der Waals surface area contributed by atoms with Crippen molar-refractivity contribution in [2.75, 3.05) is 0 Å². The largest absolute Gasteiger partial charge is 0.309 e. The van der Waals surface area contributed by atoms with Crippen molar-refractivity contribution in [2.24, 2.45) is 0 Å². The summed E-state index contributed by atoms with van der Waals surface area (Å²) in [7, 11) is 0. The van der Waals surface area contributed by atoms with Gasteiger partial charge in [0.2, 0.25) is 0 Å². The monoisotopic (exact) mass is 519 g/mol. The highest BCUT2D eigenvalue weighted by atomic mass is 79.9. The minimum Gasteiger partial charge on any atom is -0.309 e. The number of hydrogen-bond donors (Lipinski definition) is 0. The third-order valence-corrected chi connectivity index (χ3v) is 8.10. The van der Waals surface area contributed by atoms with Crippen LogP contribution < -0.4 is 0 Å². The first-order chi connectivity index (χ1) is 16.3. The number of rotatable bonds is 2. The highest BCUT2D eigenvalue weighted by Crippen LogP contribution is 2.39. The smallest absolute Gasteiger partial charge is 0.0547 e. The van der Waals surface area contributed by atoms with Gasteiger partial charge in [0.1, 0.15) is 0 Å². The first-order valence-electron chi connectivity index (χ1n) is 11.0. The summed E-state index contributed by atoms with van der Waals surface area (Å²) in [5.74, 6) is 0. The average Bonchev–Trinajstić information content (AvgIpc) is 3.39. The molecule has 2 heterocycles. The summed E-state index contributed by atoms with van der Waals surface area (Å²) in [5, 5.41) is 5.19. The van der Waals surface area contributed by atoms with Crippen LogP contribution in [0.4, 0.5) is 0 Å². The molecule has 0 aliphatic heterocycles. The van der Waals surface area contributed by atoms with Crippen molar-refractivity contribution in [3.8, 4) is 16.8 Å². The molecule has 0 atom stereocenters. The topological polar surface area (TPSA) is 4.93 Å². The lowest BCUT2D eigenvalue weighted by atomic mass is 10.0. The van der Waals surface area contributed by atoms with E-state index in [4.69, 9.17) is 0 Å². The third-order valence-electron chi connectivity index (χ3n) is 6.45. The maximum Gasteiger partial charge on any atom is 0.0547 e. The molecule has 0 aliphatic carbocycles. The van der Waals surface area contributed by atoms with Gasteiger partial charge in [-0.15, -0.1) is 11.3 Å². The van der Waals surface area contributed by atoms with E-state index in [0.29, 0.717) is 0 Å². The molecule has 0 amide bonds. The molecule has 2 aromatic heterocycles. The van der Waals surface area contributed by atoms with Gasteiger partial charge in [0.05, 0.1) is 11.0 Å². The van der Waals surface area contributed by atoms with E-state index in [9.17, 15) is 0 Å². The molecule has 7 rings (SSSR count). The van der Waals surface area contributed by atoms with Crippen molar-refractivity contribution in [1.29, 1.82) is 0 Å². The maximum absolute atomic E-state index is 3.64. The number of halogens is 1. The van der Waals surface area contributed by atoms with Crippen LogP contribution in [-0.2, 0) is 0 Å². The zero-order valence-corrected chi connectivity index (χ0v) is 20.0. The van der Waals surface area contributed by atoms with E-state index < -0.39 is 0 Å². The summed E-state index contributed by atoms with van der Waals surface area (Å²) in [6.07, 6.45) is 0. The predicted molar refractivity (Wildman–Crippen MR) is 154 cm³/mol. The lowest BCUT2D eigenvalue weighted by molar-refractivity contribution is 1.18.